The van der Waals surface area contributed by atoms with E-state index >= 15 is 0 Å². The minimum atomic E-state index is -0.830. The van der Waals surface area contributed by atoms with Crippen molar-refractivity contribution in [2.45, 2.75) is 39.0 Å². The Morgan fingerprint density at radius 3 is 2.59 bits per heavy atom. The molecule has 1 aromatic heterocycles. The van der Waals surface area contributed by atoms with E-state index in [4.69, 9.17) is 0 Å². The Labute approximate surface area is 233 Å². The Kier molecular flexibility index (Phi) is 7.80. The average Bonchev–Trinajstić information content (AvgIpc) is 3.42. The molecule has 2 aliphatic heterocycles. The largest absolute Gasteiger partial charge is 0.368 e. The lowest BCUT2D eigenvalue weighted by Crippen LogP contribution is -2.57. The smallest absolute Gasteiger partial charge is 0.227 e. The molecular formula is C30H37F2N5OS. The van der Waals surface area contributed by atoms with Gasteiger partial charge in [-0.15, -0.1) is 0 Å². The maximum Gasteiger partial charge on any atom is 0.227 e. The van der Waals surface area contributed by atoms with Crippen LogP contribution >= 0.6 is 11.7 Å². The van der Waals surface area contributed by atoms with Gasteiger partial charge >= 0.3 is 0 Å². The third-order valence-electron chi connectivity index (χ3n) is 9.08. The molecule has 2 saturated heterocycles. The number of piperidine rings is 1. The number of rotatable bonds is 6. The van der Waals surface area contributed by atoms with Crippen molar-refractivity contribution in [1.29, 1.82) is 0 Å². The zero-order chi connectivity index (χ0) is 26.9. The highest BCUT2D eigenvalue weighted by Crippen LogP contribution is 2.40. The summed E-state index contributed by atoms with van der Waals surface area (Å²) < 4.78 is 35.9. The van der Waals surface area contributed by atoms with Gasteiger partial charge in [0.05, 0.1) is 17.6 Å². The molecule has 3 heterocycles. The van der Waals surface area contributed by atoms with Gasteiger partial charge in [-0.25, -0.2) is 8.78 Å². The number of nitrogens with zero attached hydrogens (tertiary/aromatic N) is 5. The standard InChI is InChI=1S/C30H37F2N5OS/c1-20(14-21-6-9-28-29(15-21)34-39-33-28)17-35-18-22-4-2-3-5-24(22)25(19-35)30(38)37-12-10-36(11-13-37)23-7-8-26(31)27(32)16-23/h6-9,15-16,20,22,24-25H,2-5,10-14,17-19H2,1H3/t20-,22-,24-,25+/m0/s1. The number of aromatic nitrogens is 2. The summed E-state index contributed by atoms with van der Waals surface area (Å²) in [5.74, 6) is 0.218. The maximum absolute atomic E-state index is 13.9. The predicted octanol–water partition coefficient (Wildman–Crippen LogP) is 5.24. The molecule has 39 heavy (non-hydrogen) atoms. The van der Waals surface area contributed by atoms with Gasteiger partial charge in [-0.05, 0) is 66.8 Å². The summed E-state index contributed by atoms with van der Waals surface area (Å²) in [7, 11) is 0. The van der Waals surface area contributed by atoms with Crippen LogP contribution in [0.1, 0.15) is 38.2 Å². The van der Waals surface area contributed by atoms with Crippen LogP contribution in [0.4, 0.5) is 14.5 Å². The van der Waals surface area contributed by atoms with Crippen LogP contribution in [0.15, 0.2) is 36.4 Å². The molecule has 3 aliphatic rings. The summed E-state index contributed by atoms with van der Waals surface area (Å²) in [5.41, 5.74) is 3.91. The summed E-state index contributed by atoms with van der Waals surface area (Å²) in [4.78, 5) is 20.6. The highest BCUT2D eigenvalue weighted by Gasteiger charge is 2.43. The van der Waals surface area contributed by atoms with Gasteiger partial charge in [0, 0.05) is 57.6 Å². The number of halogens is 2. The molecule has 1 saturated carbocycles. The third kappa shape index (κ3) is 5.80. The fourth-order valence-corrected chi connectivity index (χ4v) is 7.70. The Morgan fingerprint density at radius 1 is 0.974 bits per heavy atom. The summed E-state index contributed by atoms with van der Waals surface area (Å²) in [6.45, 7) is 7.75. The number of hydrogen-bond acceptors (Lipinski definition) is 6. The fourth-order valence-electron chi connectivity index (χ4n) is 7.19. The van der Waals surface area contributed by atoms with Crippen LogP contribution in [-0.4, -0.2) is 70.3 Å². The molecule has 208 valence electrons. The lowest BCUT2D eigenvalue weighted by Gasteiger charge is -2.48. The van der Waals surface area contributed by atoms with Gasteiger partial charge in [0.2, 0.25) is 5.91 Å². The Hall–Kier alpha value is -2.65. The topological polar surface area (TPSA) is 52.6 Å². The lowest BCUT2D eigenvalue weighted by atomic mass is 9.69. The first-order valence-corrected chi connectivity index (χ1v) is 15.1. The predicted molar refractivity (Wildman–Crippen MR) is 151 cm³/mol. The molecule has 6 nitrogen and oxygen atoms in total. The third-order valence-corrected chi connectivity index (χ3v) is 9.64. The minimum Gasteiger partial charge on any atom is -0.368 e. The zero-order valence-electron chi connectivity index (χ0n) is 22.6. The molecule has 3 fully saturated rings. The van der Waals surface area contributed by atoms with Gasteiger partial charge in [0.25, 0.3) is 0 Å². The second-order valence-electron chi connectivity index (χ2n) is 11.8. The SMILES string of the molecule is C[C@@H](Cc1ccc2nsnc2c1)CN1C[C@@H]2CCCC[C@@H]2[C@H](C(=O)N2CCN(c3ccc(F)c(F)c3)CC2)C1. The maximum atomic E-state index is 13.9. The monoisotopic (exact) mass is 553 g/mol. The van der Waals surface area contributed by atoms with E-state index in [0.29, 0.717) is 49.6 Å². The molecule has 4 atom stereocenters. The highest BCUT2D eigenvalue weighted by molar-refractivity contribution is 7.00. The van der Waals surface area contributed by atoms with Crippen molar-refractivity contribution >= 4 is 34.4 Å². The van der Waals surface area contributed by atoms with Crippen LogP contribution in [0.3, 0.4) is 0 Å². The van der Waals surface area contributed by atoms with Gasteiger partial charge in [0.15, 0.2) is 11.6 Å². The molecule has 0 unspecified atom stereocenters. The van der Waals surface area contributed by atoms with Crippen LogP contribution < -0.4 is 4.90 Å². The Balaban J connectivity index is 1.09. The summed E-state index contributed by atoms with van der Waals surface area (Å²) in [6, 6.07) is 10.4. The van der Waals surface area contributed by atoms with Crippen molar-refractivity contribution in [1.82, 2.24) is 18.5 Å². The van der Waals surface area contributed by atoms with Gasteiger partial charge in [0.1, 0.15) is 11.0 Å². The van der Waals surface area contributed by atoms with Crippen molar-refractivity contribution in [3.05, 3.63) is 53.6 Å². The molecule has 9 heteroatoms. The highest BCUT2D eigenvalue weighted by atomic mass is 32.1. The average molecular weight is 554 g/mol. The number of piperazine rings is 1. The van der Waals surface area contributed by atoms with Crippen molar-refractivity contribution in [3.8, 4) is 0 Å². The summed E-state index contributed by atoms with van der Waals surface area (Å²) in [6.07, 6.45) is 5.85. The van der Waals surface area contributed by atoms with Gasteiger partial charge in [-0.2, -0.15) is 8.75 Å². The Morgan fingerprint density at radius 2 is 1.77 bits per heavy atom. The van der Waals surface area contributed by atoms with E-state index in [9.17, 15) is 13.6 Å². The second kappa shape index (κ2) is 11.5. The normalized spacial score (nSPS) is 25.1. The molecule has 0 radical (unpaired) electrons. The first-order chi connectivity index (χ1) is 18.9. The van der Waals surface area contributed by atoms with Crippen LogP contribution in [0.25, 0.3) is 11.0 Å². The molecule has 0 N–H and O–H groups in total. The zero-order valence-corrected chi connectivity index (χ0v) is 23.4. The summed E-state index contributed by atoms with van der Waals surface area (Å²) >= 11 is 1.26. The second-order valence-corrected chi connectivity index (χ2v) is 12.4. The van der Waals surface area contributed by atoms with E-state index in [0.717, 1.165) is 43.5 Å². The molecule has 1 aliphatic carbocycles. The number of carbonyl (C=O) groups excluding carboxylic acids is 1. The van der Waals surface area contributed by atoms with Crippen molar-refractivity contribution in [2.75, 3.05) is 50.7 Å². The van der Waals surface area contributed by atoms with E-state index in [1.807, 2.05) is 9.80 Å². The van der Waals surface area contributed by atoms with E-state index in [1.54, 1.807) is 6.07 Å². The number of likely N-dealkylation sites (tertiary alicyclic amines) is 1. The molecule has 6 rings (SSSR count). The van der Waals surface area contributed by atoms with Crippen molar-refractivity contribution in [3.63, 3.8) is 0 Å². The van der Waals surface area contributed by atoms with Gasteiger partial charge in [-0.1, -0.05) is 25.8 Å². The number of fused-ring (bicyclic) bond motifs is 2. The van der Waals surface area contributed by atoms with E-state index in [1.165, 1.54) is 48.7 Å². The molecule has 0 bridgehead atoms. The number of amides is 1. The molecule has 3 aromatic rings. The molecule has 1 amide bonds. The molecule has 2 aromatic carbocycles. The van der Waals surface area contributed by atoms with Gasteiger partial charge in [-0.3, -0.25) is 4.79 Å². The number of anilines is 1. The quantitative estimate of drug-likeness (QED) is 0.418. The van der Waals surface area contributed by atoms with Crippen LogP contribution in [0.2, 0.25) is 0 Å². The van der Waals surface area contributed by atoms with Crippen molar-refractivity contribution in [2.24, 2.45) is 23.7 Å². The molecular weight excluding hydrogens is 516 g/mol. The Bertz CT molecular complexity index is 1310. The van der Waals surface area contributed by atoms with Crippen molar-refractivity contribution < 1.29 is 13.6 Å². The number of hydrogen-bond donors (Lipinski definition) is 0. The van der Waals surface area contributed by atoms with E-state index < -0.39 is 11.6 Å². The number of benzene rings is 2. The van der Waals surface area contributed by atoms with Gasteiger partial charge < -0.3 is 14.7 Å². The van der Waals surface area contributed by atoms with Crippen LogP contribution in [-0.2, 0) is 11.2 Å². The summed E-state index contributed by atoms with van der Waals surface area (Å²) in [5, 5.41) is 0. The van der Waals surface area contributed by atoms with E-state index in [2.05, 4.69) is 38.8 Å². The molecule has 0 spiro atoms. The van der Waals surface area contributed by atoms with Crippen LogP contribution in [0.5, 0.6) is 0 Å². The lowest BCUT2D eigenvalue weighted by molar-refractivity contribution is -0.142. The fraction of sp³-hybridized carbons (Fsp3) is 0.567. The first kappa shape index (κ1) is 26.6. The van der Waals surface area contributed by atoms with Crippen LogP contribution in [0, 0.1) is 35.3 Å². The number of carbonyl (C=O) groups is 1. The first-order valence-electron chi connectivity index (χ1n) is 14.4. The minimum absolute atomic E-state index is 0.0449. The van der Waals surface area contributed by atoms with E-state index in [-0.39, 0.29) is 11.8 Å².